The van der Waals surface area contributed by atoms with Crippen molar-refractivity contribution >= 4 is 17.6 Å². The van der Waals surface area contributed by atoms with Crippen molar-refractivity contribution in [2.24, 2.45) is 0 Å². The molecule has 1 aromatic heterocycles. The first-order valence-corrected chi connectivity index (χ1v) is 9.39. The number of aromatic nitrogens is 1. The van der Waals surface area contributed by atoms with Gasteiger partial charge in [0.15, 0.2) is 0 Å². The Morgan fingerprint density at radius 1 is 1.18 bits per heavy atom. The van der Waals surface area contributed by atoms with Crippen LogP contribution >= 0.6 is 0 Å². The molecular weight excluding hydrogens is 358 g/mol. The van der Waals surface area contributed by atoms with Gasteiger partial charge in [0, 0.05) is 44.6 Å². The Kier molecular flexibility index (Phi) is 5.38. The molecule has 0 radical (unpaired) electrons. The molecule has 0 bridgehead atoms. The molecule has 2 N–H and O–H groups in total. The average Bonchev–Trinajstić information content (AvgIpc) is 2.74. The van der Waals surface area contributed by atoms with Crippen LogP contribution in [0.5, 0.6) is 5.75 Å². The van der Waals surface area contributed by atoms with E-state index in [0.29, 0.717) is 44.2 Å². The van der Waals surface area contributed by atoms with E-state index in [4.69, 9.17) is 4.74 Å². The zero-order valence-corrected chi connectivity index (χ0v) is 15.5. The maximum atomic E-state index is 12.6. The van der Waals surface area contributed by atoms with Crippen LogP contribution in [0, 0.1) is 0 Å². The molecule has 28 heavy (non-hydrogen) atoms. The number of hydrogen-bond acceptors (Lipinski definition) is 5. The van der Waals surface area contributed by atoms with Gasteiger partial charge in [-0.05, 0) is 36.4 Å². The number of hydrogen-bond donors (Lipinski definition) is 2. The lowest BCUT2D eigenvalue weighted by atomic mass is 10.1. The monoisotopic (exact) mass is 381 g/mol. The van der Waals surface area contributed by atoms with Gasteiger partial charge in [-0.3, -0.25) is 14.7 Å². The molecular formula is C20H23N5O3. The van der Waals surface area contributed by atoms with Gasteiger partial charge in [-0.25, -0.2) is 4.79 Å². The lowest BCUT2D eigenvalue weighted by Crippen LogP contribution is -2.64. The Bertz CT molecular complexity index is 827. The van der Waals surface area contributed by atoms with Crippen LogP contribution in [-0.4, -0.2) is 65.5 Å². The maximum Gasteiger partial charge on any atom is 0.321 e. The number of amides is 3. The fourth-order valence-electron chi connectivity index (χ4n) is 3.44. The lowest BCUT2D eigenvalue weighted by Gasteiger charge is -2.42. The topological polar surface area (TPSA) is 86.8 Å². The van der Waals surface area contributed by atoms with Gasteiger partial charge < -0.3 is 20.3 Å². The van der Waals surface area contributed by atoms with Gasteiger partial charge in [-0.2, -0.15) is 0 Å². The summed E-state index contributed by atoms with van der Waals surface area (Å²) in [5.74, 6) is 0.703. The Balaban J connectivity index is 1.30. The van der Waals surface area contributed by atoms with Crippen molar-refractivity contribution in [3.63, 3.8) is 0 Å². The Labute approximate surface area is 163 Å². The van der Waals surface area contributed by atoms with Gasteiger partial charge in [0.05, 0.1) is 5.69 Å². The number of nitrogens with one attached hydrogen (secondary N) is 2. The summed E-state index contributed by atoms with van der Waals surface area (Å²) >= 11 is 0. The Morgan fingerprint density at radius 3 is 2.82 bits per heavy atom. The van der Waals surface area contributed by atoms with Crippen LogP contribution in [-0.2, 0) is 11.4 Å². The second-order valence-electron chi connectivity index (χ2n) is 6.85. The average molecular weight is 381 g/mol. The minimum atomic E-state index is -0.254. The van der Waals surface area contributed by atoms with Crippen LogP contribution in [0.4, 0.5) is 10.5 Å². The van der Waals surface area contributed by atoms with E-state index in [2.05, 4.69) is 20.5 Å². The van der Waals surface area contributed by atoms with Gasteiger partial charge in [-0.15, -0.1) is 0 Å². The fraction of sp³-hybridized carbons (Fsp3) is 0.350. The number of benzene rings is 1. The number of anilines is 1. The SMILES string of the molecule is O=C1NCCN2CCN(C(=O)Nc3ccc(OCc4ccccn4)cc3)C[C@@H]12. The summed E-state index contributed by atoms with van der Waals surface area (Å²) < 4.78 is 5.70. The van der Waals surface area contributed by atoms with Crippen LogP contribution in [0.15, 0.2) is 48.7 Å². The summed E-state index contributed by atoms with van der Waals surface area (Å²) in [5.41, 5.74) is 1.54. The van der Waals surface area contributed by atoms with Crippen LogP contribution in [0.2, 0.25) is 0 Å². The molecule has 8 heteroatoms. The van der Waals surface area contributed by atoms with Crippen LogP contribution in [0.25, 0.3) is 0 Å². The predicted molar refractivity (Wildman–Crippen MR) is 104 cm³/mol. The number of rotatable bonds is 4. The molecule has 0 aliphatic carbocycles. The largest absolute Gasteiger partial charge is 0.487 e. The second kappa shape index (κ2) is 8.26. The number of ether oxygens (including phenoxy) is 1. The van der Waals surface area contributed by atoms with Crippen molar-refractivity contribution in [2.75, 3.05) is 38.0 Å². The van der Waals surface area contributed by atoms with Crippen molar-refractivity contribution in [2.45, 2.75) is 12.6 Å². The zero-order chi connectivity index (χ0) is 19.3. The molecule has 1 aromatic carbocycles. The van der Waals surface area contributed by atoms with Crippen LogP contribution < -0.4 is 15.4 Å². The molecule has 2 aromatic rings. The molecule has 0 spiro atoms. The van der Waals surface area contributed by atoms with Gasteiger partial charge in [0.1, 0.15) is 18.4 Å². The first-order chi connectivity index (χ1) is 13.7. The molecule has 146 valence electrons. The molecule has 4 rings (SSSR count). The molecule has 3 heterocycles. The normalized spacial score (nSPS) is 19.5. The highest BCUT2D eigenvalue weighted by molar-refractivity contribution is 5.90. The van der Waals surface area contributed by atoms with Crippen LogP contribution in [0.1, 0.15) is 5.69 Å². The van der Waals surface area contributed by atoms with Gasteiger partial charge in [0.2, 0.25) is 5.91 Å². The lowest BCUT2D eigenvalue weighted by molar-refractivity contribution is -0.131. The summed E-state index contributed by atoms with van der Waals surface area (Å²) in [6, 6.07) is 12.5. The van der Waals surface area contributed by atoms with E-state index in [1.807, 2.05) is 30.3 Å². The first-order valence-electron chi connectivity index (χ1n) is 9.39. The predicted octanol–water partition coefficient (Wildman–Crippen LogP) is 1.31. The van der Waals surface area contributed by atoms with E-state index >= 15 is 0 Å². The highest BCUT2D eigenvalue weighted by Gasteiger charge is 2.36. The van der Waals surface area contributed by atoms with E-state index < -0.39 is 0 Å². The number of pyridine rings is 1. The third kappa shape index (κ3) is 4.23. The summed E-state index contributed by atoms with van der Waals surface area (Å²) in [6.45, 7) is 3.64. The van der Waals surface area contributed by atoms with Crippen molar-refractivity contribution in [3.8, 4) is 5.75 Å². The van der Waals surface area contributed by atoms with E-state index in [-0.39, 0.29) is 18.0 Å². The summed E-state index contributed by atoms with van der Waals surface area (Å²) in [7, 11) is 0. The van der Waals surface area contributed by atoms with Crippen LogP contribution in [0.3, 0.4) is 0 Å². The summed E-state index contributed by atoms with van der Waals surface area (Å²) in [5, 5.41) is 5.75. The Morgan fingerprint density at radius 2 is 2.04 bits per heavy atom. The van der Waals surface area contributed by atoms with E-state index in [1.165, 1.54) is 0 Å². The third-order valence-corrected chi connectivity index (χ3v) is 5.00. The highest BCUT2D eigenvalue weighted by atomic mass is 16.5. The second-order valence-corrected chi connectivity index (χ2v) is 6.85. The summed E-state index contributed by atoms with van der Waals surface area (Å²) in [4.78, 5) is 32.6. The van der Waals surface area contributed by atoms with Gasteiger partial charge >= 0.3 is 6.03 Å². The number of carbonyl (C=O) groups is 2. The summed E-state index contributed by atoms with van der Waals surface area (Å²) in [6.07, 6.45) is 1.73. The molecule has 3 amide bonds. The van der Waals surface area contributed by atoms with E-state index in [1.54, 1.807) is 23.2 Å². The first kappa shape index (κ1) is 18.2. The zero-order valence-electron chi connectivity index (χ0n) is 15.5. The van der Waals surface area contributed by atoms with Gasteiger partial charge in [-0.1, -0.05) is 6.07 Å². The molecule has 2 aliphatic heterocycles. The van der Waals surface area contributed by atoms with E-state index in [9.17, 15) is 9.59 Å². The molecule has 1 atom stereocenters. The van der Waals surface area contributed by atoms with Crippen molar-refractivity contribution < 1.29 is 14.3 Å². The quantitative estimate of drug-likeness (QED) is 0.834. The highest BCUT2D eigenvalue weighted by Crippen LogP contribution is 2.18. The van der Waals surface area contributed by atoms with Gasteiger partial charge in [0.25, 0.3) is 0 Å². The standard InChI is InChI=1S/C20H23N5O3/c26-19-18-13-25(12-11-24(18)10-9-22-19)20(27)23-15-4-6-17(7-5-15)28-14-16-3-1-2-8-21-16/h1-8,18H,9-14H2,(H,22,26)(H,23,27)/t18-/m0/s1. The smallest absolute Gasteiger partial charge is 0.321 e. The number of nitrogens with zero attached hydrogens (tertiary/aromatic N) is 3. The number of piperazine rings is 2. The fourth-order valence-corrected chi connectivity index (χ4v) is 3.44. The Hall–Kier alpha value is -3.13. The van der Waals surface area contributed by atoms with E-state index in [0.717, 1.165) is 12.2 Å². The minimum Gasteiger partial charge on any atom is -0.487 e. The molecule has 0 saturated carbocycles. The molecule has 8 nitrogen and oxygen atoms in total. The number of carbonyl (C=O) groups excluding carboxylic acids is 2. The maximum absolute atomic E-state index is 12.6. The third-order valence-electron chi connectivity index (χ3n) is 5.00. The minimum absolute atomic E-state index is 0.00171. The van der Waals surface area contributed by atoms with Crippen molar-refractivity contribution in [1.29, 1.82) is 0 Å². The molecule has 2 fully saturated rings. The molecule has 2 saturated heterocycles. The number of fused-ring (bicyclic) bond motifs is 1. The molecule has 0 unspecified atom stereocenters. The molecule has 2 aliphatic rings. The van der Waals surface area contributed by atoms with Crippen molar-refractivity contribution in [3.05, 3.63) is 54.4 Å². The van der Waals surface area contributed by atoms with Crippen molar-refractivity contribution in [1.82, 2.24) is 20.1 Å². The number of urea groups is 1.